The molecule has 0 aliphatic rings. The number of aryl methyl sites for hydroxylation is 2. The summed E-state index contributed by atoms with van der Waals surface area (Å²) in [6, 6.07) is 6.01. The summed E-state index contributed by atoms with van der Waals surface area (Å²) >= 11 is 3.50. The summed E-state index contributed by atoms with van der Waals surface area (Å²) in [5, 5.41) is 12.7. The topological polar surface area (TPSA) is 59.2 Å². The Morgan fingerprint density at radius 1 is 1.33 bits per heavy atom. The highest BCUT2D eigenvalue weighted by atomic mass is 79.9. The number of aromatic nitrogens is 2. The van der Waals surface area contributed by atoms with Crippen molar-refractivity contribution >= 4 is 15.9 Å². The molecule has 0 aliphatic heterocycles. The third-order valence-corrected chi connectivity index (χ3v) is 3.29. The second-order valence-corrected chi connectivity index (χ2v) is 5.03. The van der Waals surface area contributed by atoms with Crippen molar-refractivity contribution in [2.75, 3.05) is 6.61 Å². The molecule has 0 atom stereocenters. The molecule has 2 rings (SSSR count). The number of hydrogen-bond donors (Lipinski definition) is 1. The third kappa shape index (κ3) is 3.17. The molecule has 1 N–H and O–H groups in total. The minimum absolute atomic E-state index is 0.199. The van der Waals surface area contributed by atoms with Gasteiger partial charge in [0, 0.05) is 23.1 Å². The van der Waals surface area contributed by atoms with Crippen LogP contribution < -0.4 is 0 Å². The van der Waals surface area contributed by atoms with Gasteiger partial charge in [-0.25, -0.2) is 0 Å². The quantitative estimate of drug-likeness (QED) is 0.862. The summed E-state index contributed by atoms with van der Waals surface area (Å²) in [5.74, 6) is 1.21. The van der Waals surface area contributed by atoms with Crippen molar-refractivity contribution in [2.45, 2.75) is 26.2 Å². The number of unbranched alkanes of at least 4 members (excludes halogenated alkanes) is 1. The monoisotopic (exact) mass is 310 g/mol. The largest absolute Gasteiger partial charge is 0.396 e. The van der Waals surface area contributed by atoms with Gasteiger partial charge in [0.1, 0.15) is 0 Å². The van der Waals surface area contributed by atoms with Gasteiger partial charge < -0.3 is 9.63 Å². The van der Waals surface area contributed by atoms with E-state index in [2.05, 4.69) is 26.1 Å². The Balaban J connectivity index is 2.13. The van der Waals surface area contributed by atoms with Gasteiger partial charge >= 0.3 is 0 Å². The minimum atomic E-state index is 0.199. The molecule has 1 heterocycles. The van der Waals surface area contributed by atoms with E-state index in [1.165, 1.54) is 5.56 Å². The summed E-state index contributed by atoms with van der Waals surface area (Å²) in [5.41, 5.74) is 2.11. The zero-order valence-corrected chi connectivity index (χ0v) is 11.8. The number of halogens is 1. The summed E-state index contributed by atoms with van der Waals surface area (Å²) < 4.78 is 6.15. The molecule has 4 nitrogen and oxygen atoms in total. The van der Waals surface area contributed by atoms with E-state index in [9.17, 15) is 0 Å². The highest BCUT2D eigenvalue weighted by molar-refractivity contribution is 9.10. The zero-order valence-electron chi connectivity index (χ0n) is 10.2. The average molecular weight is 311 g/mol. The molecule has 0 unspecified atom stereocenters. The fourth-order valence-corrected chi connectivity index (χ4v) is 2.33. The molecule has 18 heavy (non-hydrogen) atoms. The van der Waals surface area contributed by atoms with Gasteiger partial charge in [-0.1, -0.05) is 27.2 Å². The van der Waals surface area contributed by atoms with E-state index in [1.54, 1.807) is 0 Å². The van der Waals surface area contributed by atoms with Crippen molar-refractivity contribution in [3.05, 3.63) is 34.1 Å². The minimum Gasteiger partial charge on any atom is -0.396 e. The van der Waals surface area contributed by atoms with Crippen LogP contribution in [0.4, 0.5) is 0 Å². The van der Waals surface area contributed by atoms with E-state index >= 15 is 0 Å². The molecular formula is C13H15BrN2O2. The van der Waals surface area contributed by atoms with E-state index in [4.69, 9.17) is 9.63 Å². The van der Waals surface area contributed by atoms with Crippen LogP contribution in [0.5, 0.6) is 0 Å². The van der Waals surface area contributed by atoms with Crippen molar-refractivity contribution in [1.82, 2.24) is 10.1 Å². The molecule has 1 aromatic heterocycles. The average Bonchev–Trinajstić information content (AvgIpc) is 2.78. The van der Waals surface area contributed by atoms with E-state index in [-0.39, 0.29) is 6.61 Å². The highest BCUT2D eigenvalue weighted by Gasteiger charge is 2.11. The first kappa shape index (κ1) is 13.2. The SMILES string of the molecule is Cc1ccc(-c2noc(CCCCO)n2)c(Br)c1. The lowest BCUT2D eigenvalue weighted by Gasteiger charge is -1.99. The normalized spacial score (nSPS) is 10.8. The van der Waals surface area contributed by atoms with Crippen LogP contribution in [-0.2, 0) is 6.42 Å². The van der Waals surface area contributed by atoms with Crippen LogP contribution in [0.3, 0.4) is 0 Å². The lowest BCUT2D eigenvalue weighted by atomic mass is 10.1. The fraction of sp³-hybridized carbons (Fsp3) is 0.385. The van der Waals surface area contributed by atoms with Crippen molar-refractivity contribution in [3.8, 4) is 11.4 Å². The molecule has 0 saturated heterocycles. The van der Waals surface area contributed by atoms with E-state index in [0.717, 1.165) is 22.9 Å². The Kier molecular flexibility index (Phi) is 4.49. The second-order valence-electron chi connectivity index (χ2n) is 4.18. The van der Waals surface area contributed by atoms with Crippen LogP contribution in [0.2, 0.25) is 0 Å². The number of hydrogen-bond acceptors (Lipinski definition) is 4. The van der Waals surface area contributed by atoms with Crippen molar-refractivity contribution in [3.63, 3.8) is 0 Å². The third-order valence-electron chi connectivity index (χ3n) is 2.63. The lowest BCUT2D eigenvalue weighted by molar-refractivity contribution is 0.281. The molecule has 1 aromatic carbocycles. The molecular weight excluding hydrogens is 296 g/mol. The standard InChI is InChI=1S/C13H15BrN2O2/c1-9-5-6-10(11(14)8-9)13-15-12(18-16-13)4-2-3-7-17/h5-6,8,17H,2-4,7H2,1H3. The second kappa shape index (κ2) is 6.11. The first-order valence-corrected chi connectivity index (χ1v) is 6.70. The molecule has 0 aliphatic carbocycles. The molecule has 0 amide bonds. The van der Waals surface area contributed by atoms with Gasteiger partial charge in [-0.15, -0.1) is 0 Å². The molecule has 0 radical (unpaired) electrons. The van der Waals surface area contributed by atoms with Crippen LogP contribution in [0.25, 0.3) is 11.4 Å². The first-order valence-electron chi connectivity index (χ1n) is 5.90. The molecule has 96 valence electrons. The van der Waals surface area contributed by atoms with E-state index < -0.39 is 0 Å². The fourth-order valence-electron chi connectivity index (χ4n) is 1.66. The van der Waals surface area contributed by atoms with Crippen LogP contribution in [-0.4, -0.2) is 21.9 Å². The van der Waals surface area contributed by atoms with Gasteiger partial charge in [0.25, 0.3) is 0 Å². The summed E-state index contributed by atoms with van der Waals surface area (Å²) in [7, 11) is 0. The summed E-state index contributed by atoms with van der Waals surface area (Å²) in [6.07, 6.45) is 2.32. The number of aliphatic hydroxyl groups is 1. The van der Waals surface area contributed by atoms with Crippen molar-refractivity contribution in [2.24, 2.45) is 0 Å². The first-order chi connectivity index (χ1) is 8.70. The van der Waals surface area contributed by atoms with Crippen LogP contribution in [0.1, 0.15) is 24.3 Å². The molecule has 0 spiro atoms. The molecule has 0 saturated carbocycles. The zero-order chi connectivity index (χ0) is 13.0. The van der Waals surface area contributed by atoms with Gasteiger partial charge in [-0.05, 0) is 37.5 Å². The van der Waals surface area contributed by atoms with E-state index in [1.807, 2.05) is 25.1 Å². The van der Waals surface area contributed by atoms with Gasteiger partial charge in [-0.2, -0.15) is 4.98 Å². The molecule has 2 aromatic rings. The highest BCUT2D eigenvalue weighted by Crippen LogP contribution is 2.27. The summed E-state index contributed by atoms with van der Waals surface area (Å²) in [4.78, 5) is 4.35. The maximum Gasteiger partial charge on any atom is 0.226 e. The van der Waals surface area contributed by atoms with Gasteiger partial charge in [0.2, 0.25) is 11.7 Å². The molecule has 0 fully saturated rings. The Bertz CT molecular complexity index is 525. The van der Waals surface area contributed by atoms with Gasteiger partial charge in [-0.3, -0.25) is 0 Å². The van der Waals surface area contributed by atoms with Gasteiger partial charge in [0.15, 0.2) is 0 Å². The summed E-state index contributed by atoms with van der Waals surface area (Å²) in [6.45, 7) is 2.23. The molecule has 0 bridgehead atoms. The Labute approximate surface area is 114 Å². The van der Waals surface area contributed by atoms with Crippen LogP contribution >= 0.6 is 15.9 Å². The maximum atomic E-state index is 8.72. The van der Waals surface area contributed by atoms with Crippen LogP contribution in [0, 0.1) is 6.92 Å². The lowest BCUT2D eigenvalue weighted by Crippen LogP contribution is -1.89. The number of benzene rings is 1. The predicted octanol–water partition coefficient (Wildman–Crippen LogP) is 3.12. The van der Waals surface area contributed by atoms with Crippen molar-refractivity contribution in [1.29, 1.82) is 0 Å². The Morgan fingerprint density at radius 2 is 2.17 bits per heavy atom. The maximum absolute atomic E-state index is 8.72. The Hall–Kier alpha value is -1.20. The van der Waals surface area contributed by atoms with Gasteiger partial charge in [0.05, 0.1) is 0 Å². The number of aliphatic hydroxyl groups excluding tert-OH is 1. The number of rotatable bonds is 5. The number of nitrogens with zero attached hydrogens (tertiary/aromatic N) is 2. The smallest absolute Gasteiger partial charge is 0.226 e. The van der Waals surface area contributed by atoms with E-state index in [0.29, 0.717) is 18.1 Å². The predicted molar refractivity (Wildman–Crippen MR) is 72.2 cm³/mol. The molecule has 5 heteroatoms. The Morgan fingerprint density at radius 3 is 2.89 bits per heavy atom. The van der Waals surface area contributed by atoms with Crippen LogP contribution in [0.15, 0.2) is 27.2 Å². The van der Waals surface area contributed by atoms with Crippen molar-refractivity contribution < 1.29 is 9.63 Å².